The standard InChI is InChI=1S/C20H15Cl2N3O2S/c1-24-18(26)16(11-23)20-25(15-8-6-14(22)7-9-15)19(27)17(28-20)10-12-2-4-13(21)5-3-12/h2-9,17H,10H2,1H3,(H,24,26)/b20-16+/t17-/m1/s1. The maximum absolute atomic E-state index is 13.2. The molecular weight excluding hydrogens is 417 g/mol. The molecule has 0 aromatic heterocycles. The van der Waals surface area contributed by atoms with Crippen LogP contribution in [0.5, 0.6) is 0 Å². The average molecular weight is 432 g/mol. The van der Waals surface area contributed by atoms with Crippen LogP contribution in [0, 0.1) is 11.3 Å². The highest BCUT2D eigenvalue weighted by Crippen LogP contribution is 2.42. The van der Waals surface area contributed by atoms with Crippen LogP contribution in [0.15, 0.2) is 59.1 Å². The van der Waals surface area contributed by atoms with Gasteiger partial charge in [-0.25, -0.2) is 0 Å². The number of amides is 2. The minimum Gasteiger partial charge on any atom is -0.354 e. The van der Waals surface area contributed by atoms with Crippen molar-refractivity contribution in [1.82, 2.24) is 5.32 Å². The van der Waals surface area contributed by atoms with Gasteiger partial charge in [0.05, 0.1) is 5.25 Å². The van der Waals surface area contributed by atoms with Crippen molar-refractivity contribution < 1.29 is 9.59 Å². The number of rotatable bonds is 4. The van der Waals surface area contributed by atoms with Gasteiger partial charge in [-0.3, -0.25) is 14.5 Å². The molecule has 2 amide bonds. The normalized spacial score (nSPS) is 18.0. The quantitative estimate of drug-likeness (QED) is 0.582. The van der Waals surface area contributed by atoms with Crippen molar-refractivity contribution in [3.05, 3.63) is 74.7 Å². The Balaban J connectivity index is 2.03. The predicted octanol–water partition coefficient (Wildman–Crippen LogP) is 4.17. The summed E-state index contributed by atoms with van der Waals surface area (Å²) in [4.78, 5) is 26.8. The van der Waals surface area contributed by atoms with Crippen LogP contribution >= 0.6 is 35.0 Å². The highest BCUT2D eigenvalue weighted by Gasteiger charge is 2.40. The van der Waals surface area contributed by atoms with E-state index in [0.29, 0.717) is 27.2 Å². The number of nitriles is 1. The molecule has 0 saturated carbocycles. The van der Waals surface area contributed by atoms with E-state index in [1.165, 1.54) is 23.7 Å². The van der Waals surface area contributed by atoms with Gasteiger partial charge >= 0.3 is 0 Å². The van der Waals surface area contributed by atoms with Gasteiger partial charge in [0.15, 0.2) is 0 Å². The topological polar surface area (TPSA) is 73.2 Å². The molecule has 3 rings (SSSR count). The van der Waals surface area contributed by atoms with E-state index in [2.05, 4.69) is 5.32 Å². The van der Waals surface area contributed by atoms with Crippen molar-refractivity contribution in [2.45, 2.75) is 11.7 Å². The molecule has 28 heavy (non-hydrogen) atoms. The van der Waals surface area contributed by atoms with E-state index < -0.39 is 11.2 Å². The van der Waals surface area contributed by atoms with Gasteiger partial charge in [0, 0.05) is 22.8 Å². The minimum atomic E-state index is -0.538. The molecule has 5 nitrogen and oxygen atoms in total. The SMILES string of the molecule is CNC(=O)/C(C#N)=C1/S[C@H](Cc2ccc(Cl)cc2)C(=O)N1c1ccc(Cl)cc1. The van der Waals surface area contributed by atoms with Crippen LogP contribution in [-0.2, 0) is 16.0 Å². The summed E-state index contributed by atoms with van der Waals surface area (Å²) in [6.07, 6.45) is 0.445. The van der Waals surface area contributed by atoms with Gasteiger partial charge in [-0.1, -0.05) is 47.1 Å². The van der Waals surface area contributed by atoms with Gasteiger partial charge in [-0.05, 0) is 48.4 Å². The van der Waals surface area contributed by atoms with Crippen molar-refractivity contribution in [2.24, 2.45) is 0 Å². The Bertz CT molecular complexity index is 982. The van der Waals surface area contributed by atoms with E-state index in [9.17, 15) is 14.9 Å². The molecule has 1 fully saturated rings. The number of thioether (sulfide) groups is 1. The lowest BCUT2D eigenvalue weighted by molar-refractivity contribution is -0.117. The Morgan fingerprint density at radius 1 is 1.14 bits per heavy atom. The van der Waals surface area contributed by atoms with E-state index in [4.69, 9.17) is 23.2 Å². The Hall–Kier alpha value is -2.46. The fraction of sp³-hybridized carbons (Fsp3) is 0.150. The predicted molar refractivity (Wildman–Crippen MR) is 112 cm³/mol. The summed E-state index contributed by atoms with van der Waals surface area (Å²) in [5, 5.41) is 13.0. The van der Waals surface area contributed by atoms with E-state index in [1.807, 2.05) is 18.2 Å². The Labute approximate surface area is 176 Å². The van der Waals surface area contributed by atoms with Crippen LogP contribution in [-0.4, -0.2) is 24.1 Å². The van der Waals surface area contributed by atoms with E-state index >= 15 is 0 Å². The Morgan fingerprint density at radius 2 is 1.71 bits per heavy atom. The lowest BCUT2D eigenvalue weighted by atomic mass is 10.1. The third-order valence-corrected chi connectivity index (χ3v) is 5.92. The molecule has 1 aliphatic heterocycles. The monoisotopic (exact) mass is 431 g/mol. The highest BCUT2D eigenvalue weighted by molar-refractivity contribution is 8.05. The maximum atomic E-state index is 13.2. The summed E-state index contributed by atoms with van der Waals surface area (Å²) in [6, 6.07) is 15.9. The summed E-state index contributed by atoms with van der Waals surface area (Å²) in [5.41, 5.74) is 1.38. The lowest BCUT2D eigenvalue weighted by Crippen LogP contribution is -2.31. The number of hydrogen-bond acceptors (Lipinski definition) is 4. The molecule has 0 bridgehead atoms. The molecule has 1 N–H and O–H groups in total. The Kier molecular flexibility index (Phi) is 6.30. The molecule has 1 aliphatic rings. The zero-order valence-corrected chi connectivity index (χ0v) is 17.1. The van der Waals surface area contributed by atoms with Gasteiger partial charge in [0.25, 0.3) is 5.91 Å². The minimum absolute atomic E-state index is 0.102. The fourth-order valence-corrected chi connectivity index (χ4v) is 4.33. The third kappa shape index (κ3) is 4.17. The van der Waals surface area contributed by atoms with Crippen molar-refractivity contribution in [1.29, 1.82) is 5.26 Å². The maximum Gasteiger partial charge on any atom is 0.264 e. The molecule has 0 unspecified atom stereocenters. The van der Waals surface area contributed by atoms with E-state index in [-0.39, 0.29) is 11.5 Å². The number of carbonyl (C=O) groups excluding carboxylic acids is 2. The number of benzene rings is 2. The lowest BCUT2D eigenvalue weighted by Gasteiger charge is -2.18. The average Bonchev–Trinajstić information content (AvgIpc) is 3.00. The zero-order chi connectivity index (χ0) is 20.3. The van der Waals surface area contributed by atoms with Gasteiger partial charge in [-0.15, -0.1) is 0 Å². The molecule has 2 aromatic rings. The Morgan fingerprint density at radius 3 is 2.25 bits per heavy atom. The molecule has 8 heteroatoms. The number of hydrogen-bond donors (Lipinski definition) is 1. The number of likely N-dealkylation sites (N-methyl/N-ethyl adjacent to an activating group) is 1. The summed E-state index contributed by atoms with van der Waals surface area (Å²) >= 11 is 13.1. The first-order valence-electron chi connectivity index (χ1n) is 8.31. The largest absolute Gasteiger partial charge is 0.354 e. The molecule has 0 radical (unpaired) electrons. The number of nitrogens with one attached hydrogen (secondary N) is 1. The number of nitrogens with zero attached hydrogens (tertiary/aromatic N) is 2. The molecule has 1 saturated heterocycles. The molecular formula is C20H15Cl2N3O2S. The summed E-state index contributed by atoms with van der Waals surface area (Å²) < 4.78 is 0. The third-order valence-electron chi connectivity index (χ3n) is 4.15. The second-order valence-electron chi connectivity index (χ2n) is 5.96. The zero-order valence-electron chi connectivity index (χ0n) is 14.8. The smallest absolute Gasteiger partial charge is 0.264 e. The van der Waals surface area contributed by atoms with Crippen LogP contribution in [0.3, 0.4) is 0 Å². The second kappa shape index (κ2) is 8.70. The molecule has 142 valence electrons. The first-order chi connectivity index (χ1) is 13.4. The molecule has 0 aliphatic carbocycles. The fourth-order valence-electron chi connectivity index (χ4n) is 2.77. The van der Waals surface area contributed by atoms with E-state index in [1.54, 1.807) is 36.4 Å². The first-order valence-corrected chi connectivity index (χ1v) is 9.95. The van der Waals surface area contributed by atoms with Crippen molar-refractivity contribution in [2.75, 3.05) is 11.9 Å². The van der Waals surface area contributed by atoms with Gasteiger partial charge < -0.3 is 5.32 Å². The van der Waals surface area contributed by atoms with Crippen molar-refractivity contribution >= 4 is 52.5 Å². The van der Waals surface area contributed by atoms with Crippen LogP contribution in [0.25, 0.3) is 0 Å². The van der Waals surface area contributed by atoms with Gasteiger partial charge in [0.2, 0.25) is 5.91 Å². The van der Waals surface area contributed by atoms with Gasteiger partial charge in [0.1, 0.15) is 16.7 Å². The highest BCUT2D eigenvalue weighted by atomic mass is 35.5. The summed E-state index contributed by atoms with van der Waals surface area (Å²) in [7, 11) is 1.44. The molecule has 1 heterocycles. The van der Waals surface area contributed by atoms with E-state index in [0.717, 1.165) is 5.56 Å². The first kappa shape index (κ1) is 20.3. The summed E-state index contributed by atoms with van der Waals surface area (Å²) in [6.45, 7) is 0. The van der Waals surface area contributed by atoms with Gasteiger partial charge in [-0.2, -0.15) is 5.26 Å². The van der Waals surface area contributed by atoms with Crippen LogP contribution in [0.4, 0.5) is 5.69 Å². The summed E-state index contributed by atoms with van der Waals surface area (Å²) in [5.74, 6) is -0.738. The number of halogens is 2. The molecule has 0 spiro atoms. The van der Waals surface area contributed by atoms with Crippen molar-refractivity contribution in [3.8, 4) is 6.07 Å². The van der Waals surface area contributed by atoms with Crippen molar-refractivity contribution in [3.63, 3.8) is 0 Å². The van der Waals surface area contributed by atoms with Crippen LogP contribution in [0.2, 0.25) is 10.0 Å². The number of carbonyl (C=O) groups is 2. The molecule has 2 aromatic carbocycles. The molecule has 1 atom stereocenters. The number of anilines is 1. The van der Waals surface area contributed by atoms with Crippen LogP contribution in [0.1, 0.15) is 5.56 Å². The second-order valence-corrected chi connectivity index (χ2v) is 8.02. The van der Waals surface area contributed by atoms with Crippen LogP contribution < -0.4 is 10.2 Å².